The van der Waals surface area contributed by atoms with Crippen molar-refractivity contribution in [1.29, 1.82) is 0 Å². The number of methoxy groups -OCH3 is 1. The summed E-state index contributed by atoms with van der Waals surface area (Å²) in [5.74, 6) is -0.00885. The molecule has 0 radical (unpaired) electrons. The Morgan fingerprint density at radius 2 is 1.92 bits per heavy atom. The van der Waals surface area contributed by atoms with Crippen LogP contribution in [0, 0.1) is 0 Å². The molecular weight excluding hydrogens is 318 g/mol. The zero-order valence-electron chi connectivity index (χ0n) is 14.1. The van der Waals surface area contributed by atoms with Gasteiger partial charge in [0.2, 0.25) is 6.10 Å². The summed E-state index contributed by atoms with van der Waals surface area (Å²) in [7, 11) is 1.59. The monoisotopic (exact) mass is 337 g/mol. The highest BCUT2D eigenvalue weighted by Gasteiger charge is 2.51. The minimum absolute atomic E-state index is 0.241. The summed E-state index contributed by atoms with van der Waals surface area (Å²) in [5.41, 5.74) is 2.55. The number of nitrogens with zero attached hydrogens (tertiary/aromatic N) is 1. The Labute approximate surface area is 146 Å². The molecule has 1 aliphatic heterocycles. The van der Waals surface area contributed by atoms with Crippen molar-refractivity contribution in [3.05, 3.63) is 66.2 Å². The predicted molar refractivity (Wildman–Crippen MR) is 95.3 cm³/mol. The number of carbonyl (C=O) groups is 2. The standard InChI is InChI=1S/C20H19NO4/c1-4-14-6-5-7-15(12-14)18-19(25-13(2)22)20(23)21(18)16-8-10-17(24-3)11-9-16/h4-12,18-19H,1H2,2-3H3/t18-,19+/m0/s1. The van der Waals surface area contributed by atoms with E-state index in [1.807, 2.05) is 36.4 Å². The number of anilines is 1. The number of esters is 1. The van der Waals surface area contributed by atoms with Crippen LogP contribution in [0.1, 0.15) is 24.1 Å². The van der Waals surface area contributed by atoms with Crippen LogP contribution in [0.25, 0.3) is 6.08 Å². The zero-order valence-corrected chi connectivity index (χ0v) is 14.1. The first-order valence-electron chi connectivity index (χ1n) is 7.92. The topological polar surface area (TPSA) is 55.8 Å². The molecule has 0 spiro atoms. The van der Waals surface area contributed by atoms with Gasteiger partial charge in [0.25, 0.3) is 5.91 Å². The Kier molecular flexibility index (Phi) is 4.57. The highest BCUT2D eigenvalue weighted by molar-refractivity contribution is 6.06. The Hall–Kier alpha value is -3.08. The van der Waals surface area contributed by atoms with Gasteiger partial charge in [0.1, 0.15) is 11.8 Å². The molecule has 1 saturated heterocycles. The van der Waals surface area contributed by atoms with Crippen molar-refractivity contribution in [1.82, 2.24) is 0 Å². The molecule has 1 fully saturated rings. The van der Waals surface area contributed by atoms with Crippen LogP contribution in [0.2, 0.25) is 0 Å². The molecule has 3 rings (SSSR count). The van der Waals surface area contributed by atoms with Gasteiger partial charge >= 0.3 is 5.97 Å². The van der Waals surface area contributed by atoms with Gasteiger partial charge in [0.05, 0.1) is 7.11 Å². The summed E-state index contributed by atoms with van der Waals surface area (Å²) in [6.07, 6.45) is 0.919. The van der Waals surface area contributed by atoms with E-state index < -0.39 is 12.1 Å². The summed E-state index contributed by atoms with van der Waals surface area (Å²) >= 11 is 0. The Bertz CT molecular complexity index is 813. The fourth-order valence-corrected chi connectivity index (χ4v) is 2.98. The summed E-state index contributed by atoms with van der Waals surface area (Å²) in [5, 5.41) is 0. The Morgan fingerprint density at radius 3 is 2.52 bits per heavy atom. The predicted octanol–water partition coefficient (Wildman–Crippen LogP) is 3.36. The fraction of sp³-hybridized carbons (Fsp3) is 0.200. The van der Waals surface area contributed by atoms with Crippen LogP contribution in [0.5, 0.6) is 5.75 Å². The maximum absolute atomic E-state index is 12.6. The average Bonchev–Trinajstić information content (AvgIpc) is 2.64. The van der Waals surface area contributed by atoms with Crippen LogP contribution in [-0.4, -0.2) is 25.1 Å². The summed E-state index contributed by atoms with van der Waals surface area (Å²) in [6, 6.07) is 14.5. The van der Waals surface area contributed by atoms with Crippen molar-refractivity contribution in [2.45, 2.75) is 19.1 Å². The van der Waals surface area contributed by atoms with Crippen molar-refractivity contribution >= 4 is 23.6 Å². The van der Waals surface area contributed by atoms with Gasteiger partial charge in [0.15, 0.2) is 0 Å². The van der Waals surface area contributed by atoms with Gasteiger partial charge in [-0.05, 0) is 41.5 Å². The van der Waals surface area contributed by atoms with Crippen LogP contribution < -0.4 is 9.64 Å². The molecule has 2 atom stereocenters. The molecule has 0 aromatic heterocycles. The molecule has 0 unspecified atom stereocenters. The molecule has 2 aromatic rings. The van der Waals surface area contributed by atoms with Gasteiger partial charge in [-0.1, -0.05) is 30.9 Å². The van der Waals surface area contributed by atoms with Gasteiger partial charge in [-0.2, -0.15) is 0 Å². The highest BCUT2D eigenvalue weighted by Crippen LogP contribution is 2.41. The van der Waals surface area contributed by atoms with E-state index in [0.717, 1.165) is 16.8 Å². The van der Waals surface area contributed by atoms with Crippen molar-refractivity contribution < 1.29 is 19.1 Å². The second-order valence-corrected chi connectivity index (χ2v) is 5.76. The Balaban J connectivity index is 1.98. The lowest BCUT2D eigenvalue weighted by Crippen LogP contribution is -2.60. The lowest BCUT2D eigenvalue weighted by atomic mass is 9.89. The van der Waals surface area contributed by atoms with Gasteiger partial charge in [-0.15, -0.1) is 0 Å². The lowest BCUT2D eigenvalue weighted by Gasteiger charge is -2.46. The molecule has 2 aromatic carbocycles. The van der Waals surface area contributed by atoms with Crippen molar-refractivity contribution in [3.8, 4) is 5.75 Å². The molecule has 0 saturated carbocycles. The number of hydrogen-bond donors (Lipinski definition) is 0. The number of carbonyl (C=O) groups excluding carboxylic acids is 2. The van der Waals surface area contributed by atoms with Gasteiger partial charge in [-0.3, -0.25) is 14.5 Å². The fourth-order valence-electron chi connectivity index (χ4n) is 2.98. The number of ether oxygens (including phenoxy) is 2. The van der Waals surface area contributed by atoms with Crippen molar-refractivity contribution in [3.63, 3.8) is 0 Å². The third kappa shape index (κ3) is 3.13. The first-order valence-corrected chi connectivity index (χ1v) is 7.92. The maximum Gasteiger partial charge on any atom is 0.303 e. The van der Waals surface area contributed by atoms with Crippen molar-refractivity contribution in [2.75, 3.05) is 12.0 Å². The van der Waals surface area contributed by atoms with E-state index in [1.54, 1.807) is 30.2 Å². The largest absolute Gasteiger partial charge is 0.497 e. The summed E-state index contributed by atoms with van der Waals surface area (Å²) in [4.78, 5) is 25.6. The second kappa shape index (κ2) is 6.81. The molecule has 25 heavy (non-hydrogen) atoms. The number of benzene rings is 2. The summed E-state index contributed by atoms with van der Waals surface area (Å²) in [6.45, 7) is 5.08. The normalized spacial score (nSPS) is 19.1. The quantitative estimate of drug-likeness (QED) is 0.620. The van der Waals surface area contributed by atoms with Crippen LogP contribution in [0.15, 0.2) is 55.1 Å². The van der Waals surface area contributed by atoms with Gasteiger partial charge < -0.3 is 9.47 Å². The molecule has 0 N–H and O–H groups in total. The molecule has 1 aliphatic rings. The molecule has 0 bridgehead atoms. The first kappa shape index (κ1) is 16.8. The average molecular weight is 337 g/mol. The zero-order chi connectivity index (χ0) is 18.0. The molecule has 128 valence electrons. The van der Waals surface area contributed by atoms with Crippen LogP contribution in [-0.2, 0) is 14.3 Å². The van der Waals surface area contributed by atoms with E-state index in [4.69, 9.17) is 9.47 Å². The number of hydrogen-bond acceptors (Lipinski definition) is 4. The van der Waals surface area contributed by atoms with Crippen molar-refractivity contribution in [2.24, 2.45) is 0 Å². The molecule has 1 heterocycles. The molecular formula is C20H19NO4. The van der Waals surface area contributed by atoms with Crippen LogP contribution in [0.4, 0.5) is 5.69 Å². The van der Waals surface area contributed by atoms with E-state index in [-0.39, 0.29) is 11.9 Å². The van der Waals surface area contributed by atoms with Crippen LogP contribution >= 0.6 is 0 Å². The molecule has 1 amide bonds. The maximum atomic E-state index is 12.6. The molecule has 5 heteroatoms. The van der Waals surface area contributed by atoms with E-state index in [1.165, 1.54) is 6.92 Å². The SMILES string of the molecule is C=Cc1cccc([C@H]2[C@@H](OC(C)=O)C(=O)N2c2ccc(OC)cc2)c1. The second-order valence-electron chi connectivity index (χ2n) is 5.76. The third-order valence-corrected chi connectivity index (χ3v) is 4.18. The number of rotatable bonds is 5. The van der Waals surface area contributed by atoms with E-state index in [9.17, 15) is 9.59 Å². The highest BCUT2D eigenvalue weighted by atomic mass is 16.6. The molecule has 5 nitrogen and oxygen atoms in total. The lowest BCUT2D eigenvalue weighted by molar-refractivity contribution is -0.160. The smallest absolute Gasteiger partial charge is 0.303 e. The minimum Gasteiger partial charge on any atom is -0.497 e. The number of amides is 1. The minimum atomic E-state index is -0.820. The number of β-lactam (4-membered cyclic amide) rings is 1. The van der Waals surface area contributed by atoms with E-state index in [0.29, 0.717) is 5.75 Å². The van der Waals surface area contributed by atoms with Gasteiger partial charge in [-0.25, -0.2) is 0 Å². The molecule has 0 aliphatic carbocycles. The first-order chi connectivity index (χ1) is 12.0. The Morgan fingerprint density at radius 1 is 1.20 bits per heavy atom. The van der Waals surface area contributed by atoms with Gasteiger partial charge in [0, 0.05) is 12.6 Å². The third-order valence-electron chi connectivity index (χ3n) is 4.18. The van der Waals surface area contributed by atoms with E-state index >= 15 is 0 Å². The van der Waals surface area contributed by atoms with Crippen LogP contribution in [0.3, 0.4) is 0 Å². The van der Waals surface area contributed by atoms with E-state index in [2.05, 4.69) is 6.58 Å². The summed E-state index contributed by atoms with van der Waals surface area (Å²) < 4.78 is 10.4.